The lowest BCUT2D eigenvalue weighted by Crippen LogP contribution is -2.39. The van der Waals surface area contributed by atoms with Crippen molar-refractivity contribution in [2.24, 2.45) is 0 Å². The summed E-state index contributed by atoms with van der Waals surface area (Å²) in [6.07, 6.45) is 5.87. The minimum absolute atomic E-state index is 0.815. The minimum Gasteiger partial charge on any atom is -0.378 e. The monoisotopic (exact) mass is 247 g/mol. The molecule has 2 fully saturated rings. The van der Waals surface area contributed by atoms with Crippen LogP contribution in [0.25, 0.3) is 0 Å². The Morgan fingerprint density at radius 1 is 0.944 bits per heavy atom. The zero-order valence-corrected chi connectivity index (χ0v) is 10.8. The Hall–Kier alpha value is -1.29. The van der Waals surface area contributed by atoms with Gasteiger partial charge in [-0.1, -0.05) is 0 Å². The molecule has 4 nitrogen and oxygen atoms in total. The van der Waals surface area contributed by atoms with E-state index in [2.05, 4.69) is 20.9 Å². The van der Waals surface area contributed by atoms with Gasteiger partial charge in [-0.2, -0.15) is 0 Å². The lowest BCUT2D eigenvalue weighted by Gasteiger charge is -2.34. The molecule has 0 amide bonds. The van der Waals surface area contributed by atoms with Gasteiger partial charge in [0.1, 0.15) is 0 Å². The van der Waals surface area contributed by atoms with Gasteiger partial charge in [-0.3, -0.25) is 0 Å². The number of aromatic nitrogens is 1. The van der Waals surface area contributed by atoms with Crippen LogP contribution in [0.4, 0.5) is 11.5 Å². The van der Waals surface area contributed by atoms with Crippen molar-refractivity contribution in [3.05, 3.63) is 18.3 Å². The summed E-state index contributed by atoms with van der Waals surface area (Å²) in [5, 5.41) is 0. The molecule has 0 radical (unpaired) electrons. The van der Waals surface area contributed by atoms with Crippen LogP contribution in [0.15, 0.2) is 18.3 Å². The third-order valence-electron chi connectivity index (χ3n) is 3.77. The summed E-state index contributed by atoms with van der Waals surface area (Å²) in [5.74, 6) is 1.14. The summed E-state index contributed by atoms with van der Waals surface area (Å²) in [6.45, 7) is 5.88. The smallest absolute Gasteiger partial charge is 0.152 e. The number of morpholine rings is 1. The molecule has 18 heavy (non-hydrogen) atoms. The Balaban J connectivity index is 1.83. The topological polar surface area (TPSA) is 28.6 Å². The number of hydrogen-bond acceptors (Lipinski definition) is 4. The molecule has 1 aromatic rings. The van der Waals surface area contributed by atoms with E-state index in [1.54, 1.807) is 0 Å². The van der Waals surface area contributed by atoms with Crippen molar-refractivity contribution in [2.45, 2.75) is 19.3 Å². The Morgan fingerprint density at radius 2 is 1.72 bits per heavy atom. The van der Waals surface area contributed by atoms with Crippen LogP contribution in [0.2, 0.25) is 0 Å². The van der Waals surface area contributed by atoms with E-state index >= 15 is 0 Å². The van der Waals surface area contributed by atoms with E-state index in [0.717, 1.165) is 32.1 Å². The van der Waals surface area contributed by atoms with Gasteiger partial charge >= 0.3 is 0 Å². The van der Waals surface area contributed by atoms with Gasteiger partial charge in [0.15, 0.2) is 5.82 Å². The highest BCUT2D eigenvalue weighted by molar-refractivity contribution is 5.67. The van der Waals surface area contributed by atoms with Crippen LogP contribution >= 0.6 is 0 Å². The van der Waals surface area contributed by atoms with Crippen LogP contribution in [-0.2, 0) is 4.74 Å². The number of rotatable bonds is 2. The third-order valence-corrected chi connectivity index (χ3v) is 3.77. The number of nitrogens with zero attached hydrogens (tertiary/aromatic N) is 3. The van der Waals surface area contributed by atoms with E-state index in [1.165, 1.54) is 38.0 Å². The maximum Gasteiger partial charge on any atom is 0.152 e. The predicted molar refractivity (Wildman–Crippen MR) is 73.3 cm³/mol. The number of hydrogen-bond donors (Lipinski definition) is 0. The fourth-order valence-electron chi connectivity index (χ4n) is 2.79. The first kappa shape index (κ1) is 11.8. The summed E-state index contributed by atoms with van der Waals surface area (Å²) in [5.41, 5.74) is 1.30. The lowest BCUT2D eigenvalue weighted by atomic mass is 10.1. The van der Waals surface area contributed by atoms with Gasteiger partial charge in [0.2, 0.25) is 0 Å². The average molecular weight is 247 g/mol. The van der Waals surface area contributed by atoms with Gasteiger partial charge in [0, 0.05) is 32.4 Å². The largest absolute Gasteiger partial charge is 0.378 e. The lowest BCUT2D eigenvalue weighted by molar-refractivity contribution is 0.122. The van der Waals surface area contributed by atoms with Gasteiger partial charge in [0.25, 0.3) is 0 Å². The molecule has 0 atom stereocenters. The van der Waals surface area contributed by atoms with Crippen LogP contribution < -0.4 is 9.80 Å². The SMILES string of the molecule is c1cnc(N2CCOCC2)c(N2CCCCC2)c1. The fraction of sp³-hybridized carbons (Fsp3) is 0.643. The number of ether oxygens (including phenoxy) is 1. The van der Waals surface area contributed by atoms with Crippen molar-refractivity contribution < 1.29 is 4.74 Å². The molecule has 98 valence electrons. The molecule has 0 bridgehead atoms. The molecule has 3 rings (SSSR count). The standard InChI is InChI=1S/C14H21N3O/c1-2-7-16(8-3-1)13-5-4-6-15-14(13)17-9-11-18-12-10-17/h4-6H,1-3,7-12H2. The van der Waals surface area contributed by atoms with Crippen LogP contribution in [0.5, 0.6) is 0 Å². The molecular weight excluding hydrogens is 226 g/mol. The van der Waals surface area contributed by atoms with Crippen molar-refractivity contribution in [3.63, 3.8) is 0 Å². The molecule has 4 heteroatoms. The van der Waals surface area contributed by atoms with Gasteiger partial charge in [-0.05, 0) is 31.4 Å². The second-order valence-corrected chi connectivity index (χ2v) is 4.99. The molecule has 3 heterocycles. The van der Waals surface area contributed by atoms with E-state index in [-0.39, 0.29) is 0 Å². The van der Waals surface area contributed by atoms with Gasteiger partial charge in [-0.25, -0.2) is 4.98 Å². The molecule has 0 N–H and O–H groups in total. The normalized spacial score (nSPS) is 21.1. The van der Waals surface area contributed by atoms with Crippen LogP contribution in [0, 0.1) is 0 Å². The maximum atomic E-state index is 5.42. The Morgan fingerprint density at radius 3 is 2.50 bits per heavy atom. The second kappa shape index (κ2) is 5.57. The molecule has 1 aromatic heterocycles. The van der Waals surface area contributed by atoms with E-state index < -0.39 is 0 Å². The number of anilines is 2. The fourth-order valence-corrected chi connectivity index (χ4v) is 2.79. The van der Waals surface area contributed by atoms with Crippen molar-refractivity contribution in [1.29, 1.82) is 0 Å². The molecule has 2 aliphatic rings. The van der Waals surface area contributed by atoms with Gasteiger partial charge < -0.3 is 14.5 Å². The summed E-state index contributed by atoms with van der Waals surface area (Å²) in [6, 6.07) is 4.26. The molecule has 0 spiro atoms. The van der Waals surface area contributed by atoms with Crippen molar-refractivity contribution >= 4 is 11.5 Å². The predicted octanol–water partition coefficient (Wildman–Crippen LogP) is 1.91. The highest BCUT2D eigenvalue weighted by Gasteiger charge is 2.20. The molecule has 2 saturated heterocycles. The first-order chi connectivity index (χ1) is 8.95. The Kier molecular flexibility index (Phi) is 3.64. The summed E-state index contributed by atoms with van der Waals surface area (Å²) in [4.78, 5) is 9.45. The second-order valence-electron chi connectivity index (χ2n) is 4.99. The number of piperidine rings is 1. The maximum absolute atomic E-state index is 5.42. The average Bonchev–Trinajstić information content (AvgIpc) is 2.49. The first-order valence-corrected chi connectivity index (χ1v) is 6.98. The Bertz CT molecular complexity index is 347. The highest BCUT2D eigenvalue weighted by Crippen LogP contribution is 2.29. The quantitative estimate of drug-likeness (QED) is 0.798. The molecule has 0 unspecified atom stereocenters. The Labute approximate surface area is 109 Å². The van der Waals surface area contributed by atoms with Crippen molar-refractivity contribution in [3.8, 4) is 0 Å². The van der Waals surface area contributed by atoms with Crippen LogP contribution in [-0.4, -0.2) is 44.4 Å². The van der Waals surface area contributed by atoms with Crippen molar-refractivity contribution in [2.75, 3.05) is 49.2 Å². The molecule has 0 aromatic carbocycles. The number of pyridine rings is 1. The highest BCUT2D eigenvalue weighted by atomic mass is 16.5. The zero-order valence-electron chi connectivity index (χ0n) is 10.8. The summed E-state index contributed by atoms with van der Waals surface area (Å²) >= 11 is 0. The summed E-state index contributed by atoms with van der Waals surface area (Å²) in [7, 11) is 0. The summed E-state index contributed by atoms with van der Waals surface area (Å²) < 4.78 is 5.42. The zero-order chi connectivity index (χ0) is 12.2. The van der Waals surface area contributed by atoms with E-state index in [1.807, 2.05) is 12.3 Å². The van der Waals surface area contributed by atoms with Gasteiger partial charge in [-0.15, -0.1) is 0 Å². The van der Waals surface area contributed by atoms with Crippen LogP contribution in [0.1, 0.15) is 19.3 Å². The first-order valence-electron chi connectivity index (χ1n) is 6.98. The van der Waals surface area contributed by atoms with Gasteiger partial charge in [0.05, 0.1) is 18.9 Å². The van der Waals surface area contributed by atoms with Crippen LogP contribution in [0.3, 0.4) is 0 Å². The van der Waals surface area contributed by atoms with E-state index in [4.69, 9.17) is 4.74 Å². The molecular formula is C14H21N3O. The third kappa shape index (κ3) is 2.43. The minimum atomic E-state index is 0.815. The molecule has 0 aliphatic carbocycles. The van der Waals surface area contributed by atoms with E-state index in [9.17, 15) is 0 Å². The van der Waals surface area contributed by atoms with Crippen molar-refractivity contribution in [1.82, 2.24) is 4.98 Å². The molecule has 0 saturated carbocycles. The molecule has 2 aliphatic heterocycles. The van der Waals surface area contributed by atoms with E-state index in [0.29, 0.717) is 0 Å².